The van der Waals surface area contributed by atoms with Crippen molar-refractivity contribution >= 4 is 39.1 Å². The summed E-state index contributed by atoms with van der Waals surface area (Å²) in [5.41, 5.74) is 2.47. The van der Waals surface area contributed by atoms with Gasteiger partial charge in [0.15, 0.2) is 0 Å². The molecule has 4 rings (SSSR count). The third-order valence-corrected chi connectivity index (χ3v) is 9.55. The van der Waals surface area contributed by atoms with E-state index in [0.717, 1.165) is 15.4 Å². The molecule has 10 heteroatoms. The van der Waals surface area contributed by atoms with Gasteiger partial charge in [0.05, 0.1) is 10.6 Å². The second-order valence-corrected chi connectivity index (χ2v) is 13.3. The topological polar surface area (TPSA) is 86.8 Å². The standard InChI is InChI=1S/C35H37ClFN3O4S/c1-4-26(3)38-35(42)33(21-27-9-6-5-7-10-27)39(23-28-15-17-30(37)18-16-28)34(41)24-40(31-12-8-11-29(36)22-31)45(43,44)32-19-13-25(2)14-20-32/h5-20,22,26,33H,4,21,23-24H2,1-3H3,(H,38,42). The number of anilines is 1. The fourth-order valence-corrected chi connectivity index (χ4v) is 6.37. The Bertz CT molecular complexity index is 1700. The van der Waals surface area contributed by atoms with E-state index < -0.39 is 34.3 Å². The molecular formula is C35H37ClFN3O4S. The first-order valence-corrected chi connectivity index (χ1v) is 16.5. The first-order chi connectivity index (χ1) is 21.5. The zero-order valence-electron chi connectivity index (χ0n) is 25.5. The molecule has 1 N–H and O–H groups in total. The molecule has 2 amide bonds. The summed E-state index contributed by atoms with van der Waals surface area (Å²) in [7, 11) is -4.25. The molecule has 0 aliphatic rings. The van der Waals surface area contributed by atoms with Gasteiger partial charge in [0.25, 0.3) is 10.0 Å². The third kappa shape index (κ3) is 8.93. The number of sulfonamides is 1. The number of halogens is 2. The van der Waals surface area contributed by atoms with Gasteiger partial charge in [-0.05, 0) is 73.9 Å². The number of hydrogen-bond donors (Lipinski definition) is 1. The van der Waals surface area contributed by atoms with Crippen LogP contribution in [0.2, 0.25) is 5.02 Å². The van der Waals surface area contributed by atoms with Crippen molar-refractivity contribution in [2.24, 2.45) is 0 Å². The van der Waals surface area contributed by atoms with Crippen molar-refractivity contribution in [1.82, 2.24) is 10.2 Å². The number of benzene rings is 4. The average molecular weight is 650 g/mol. The molecule has 45 heavy (non-hydrogen) atoms. The van der Waals surface area contributed by atoms with E-state index in [9.17, 15) is 22.4 Å². The van der Waals surface area contributed by atoms with Crippen LogP contribution in [0.1, 0.15) is 37.0 Å². The number of nitrogens with zero attached hydrogens (tertiary/aromatic N) is 2. The number of hydrogen-bond acceptors (Lipinski definition) is 4. The van der Waals surface area contributed by atoms with Gasteiger partial charge in [-0.15, -0.1) is 0 Å². The van der Waals surface area contributed by atoms with E-state index in [0.29, 0.717) is 17.0 Å². The molecule has 4 aromatic carbocycles. The first kappa shape index (κ1) is 33.7. The number of aryl methyl sites for hydroxylation is 1. The highest BCUT2D eigenvalue weighted by Crippen LogP contribution is 2.27. The van der Waals surface area contributed by atoms with Crippen molar-refractivity contribution in [3.63, 3.8) is 0 Å². The highest BCUT2D eigenvalue weighted by atomic mass is 35.5. The Morgan fingerprint density at radius 1 is 0.889 bits per heavy atom. The lowest BCUT2D eigenvalue weighted by Crippen LogP contribution is -2.54. The summed E-state index contributed by atoms with van der Waals surface area (Å²) in [6.07, 6.45) is 0.852. The summed E-state index contributed by atoms with van der Waals surface area (Å²) >= 11 is 6.27. The van der Waals surface area contributed by atoms with Crippen LogP contribution in [0.25, 0.3) is 0 Å². The van der Waals surface area contributed by atoms with Crippen LogP contribution >= 0.6 is 11.6 Å². The van der Waals surface area contributed by atoms with E-state index in [1.54, 1.807) is 42.5 Å². The number of rotatable bonds is 13. The first-order valence-electron chi connectivity index (χ1n) is 14.7. The number of amides is 2. The van der Waals surface area contributed by atoms with Crippen molar-refractivity contribution in [3.8, 4) is 0 Å². The molecular weight excluding hydrogens is 613 g/mol. The molecule has 0 fully saturated rings. The predicted molar refractivity (Wildman–Crippen MR) is 176 cm³/mol. The monoisotopic (exact) mass is 649 g/mol. The van der Waals surface area contributed by atoms with Gasteiger partial charge in [-0.3, -0.25) is 13.9 Å². The van der Waals surface area contributed by atoms with Crippen molar-refractivity contribution < 1.29 is 22.4 Å². The van der Waals surface area contributed by atoms with Crippen LogP contribution in [0, 0.1) is 12.7 Å². The summed E-state index contributed by atoms with van der Waals surface area (Å²) in [6, 6.07) is 26.4. The van der Waals surface area contributed by atoms with Gasteiger partial charge < -0.3 is 10.2 Å². The zero-order chi connectivity index (χ0) is 32.6. The van der Waals surface area contributed by atoms with Crippen molar-refractivity contribution in [3.05, 3.63) is 131 Å². The molecule has 0 aliphatic carbocycles. The molecule has 0 spiro atoms. The summed E-state index contributed by atoms with van der Waals surface area (Å²) < 4.78 is 43.0. The van der Waals surface area contributed by atoms with Crippen LogP contribution < -0.4 is 9.62 Å². The number of carbonyl (C=O) groups excluding carboxylic acids is 2. The molecule has 2 unspecified atom stereocenters. The average Bonchev–Trinajstić information content (AvgIpc) is 3.02. The molecule has 0 heterocycles. The van der Waals surface area contributed by atoms with Crippen LogP contribution in [-0.4, -0.2) is 43.8 Å². The van der Waals surface area contributed by atoms with E-state index in [2.05, 4.69) is 5.32 Å². The second-order valence-electron chi connectivity index (χ2n) is 11.0. The molecule has 0 saturated carbocycles. The zero-order valence-corrected chi connectivity index (χ0v) is 27.1. The van der Waals surface area contributed by atoms with Gasteiger partial charge >= 0.3 is 0 Å². The van der Waals surface area contributed by atoms with E-state index in [1.807, 2.05) is 51.1 Å². The van der Waals surface area contributed by atoms with E-state index in [4.69, 9.17) is 11.6 Å². The fraction of sp³-hybridized carbons (Fsp3) is 0.257. The molecule has 0 aliphatic heterocycles. The molecule has 0 aromatic heterocycles. The largest absolute Gasteiger partial charge is 0.352 e. The lowest BCUT2D eigenvalue weighted by atomic mass is 10.0. The Labute approximate surface area is 269 Å². The van der Waals surface area contributed by atoms with E-state index in [-0.39, 0.29) is 35.5 Å². The maximum atomic E-state index is 14.4. The van der Waals surface area contributed by atoms with Gasteiger partial charge in [-0.2, -0.15) is 0 Å². The fourth-order valence-electron chi connectivity index (χ4n) is 4.78. The summed E-state index contributed by atoms with van der Waals surface area (Å²) in [6.45, 7) is 4.99. The minimum Gasteiger partial charge on any atom is -0.352 e. The maximum absolute atomic E-state index is 14.4. The molecule has 236 valence electrons. The SMILES string of the molecule is CCC(C)NC(=O)C(Cc1ccccc1)N(Cc1ccc(F)cc1)C(=O)CN(c1cccc(Cl)c1)S(=O)(=O)c1ccc(C)cc1. The van der Waals surface area contributed by atoms with E-state index in [1.165, 1.54) is 35.2 Å². The van der Waals surface area contributed by atoms with Gasteiger partial charge in [-0.1, -0.05) is 84.8 Å². The Balaban J connectivity index is 1.80. The van der Waals surface area contributed by atoms with Crippen molar-refractivity contribution in [2.45, 2.75) is 57.1 Å². The van der Waals surface area contributed by atoms with Crippen molar-refractivity contribution in [2.75, 3.05) is 10.8 Å². The molecule has 4 aromatic rings. The molecule has 0 saturated heterocycles. The minimum atomic E-state index is -4.25. The summed E-state index contributed by atoms with van der Waals surface area (Å²) in [4.78, 5) is 29.7. The van der Waals surface area contributed by atoms with Gasteiger partial charge in [0.2, 0.25) is 11.8 Å². The van der Waals surface area contributed by atoms with Crippen molar-refractivity contribution in [1.29, 1.82) is 0 Å². The third-order valence-electron chi connectivity index (χ3n) is 7.52. The predicted octanol–water partition coefficient (Wildman–Crippen LogP) is 6.54. The van der Waals surface area contributed by atoms with Gasteiger partial charge in [-0.25, -0.2) is 12.8 Å². The molecule has 0 bridgehead atoms. The van der Waals surface area contributed by atoms with Crippen LogP contribution in [0.3, 0.4) is 0 Å². The highest BCUT2D eigenvalue weighted by Gasteiger charge is 2.35. The normalized spacial score (nSPS) is 12.6. The Hall–Kier alpha value is -4.21. The van der Waals surface area contributed by atoms with Crippen LogP contribution in [0.5, 0.6) is 0 Å². The van der Waals surface area contributed by atoms with Crippen LogP contribution in [0.4, 0.5) is 10.1 Å². The lowest BCUT2D eigenvalue weighted by Gasteiger charge is -2.34. The lowest BCUT2D eigenvalue weighted by molar-refractivity contribution is -0.140. The molecule has 7 nitrogen and oxygen atoms in total. The van der Waals surface area contributed by atoms with Crippen LogP contribution in [-0.2, 0) is 32.6 Å². The number of nitrogens with one attached hydrogen (secondary N) is 1. The highest BCUT2D eigenvalue weighted by molar-refractivity contribution is 7.92. The Kier molecular flexibility index (Phi) is 11.4. The summed E-state index contributed by atoms with van der Waals surface area (Å²) in [5, 5.41) is 3.29. The van der Waals surface area contributed by atoms with Gasteiger partial charge in [0, 0.05) is 24.0 Å². The summed E-state index contributed by atoms with van der Waals surface area (Å²) in [5.74, 6) is -1.43. The Morgan fingerprint density at radius 2 is 1.56 bits per heavy atom. The molecule has 0 radical (unpaired) electrons. The molecule has 2 atom stereocenters. The second kappa shape index (κ2) is 15.2. The van der Waals surface area contributed by atoms with E-state index >= 15 is 0 Å². The van der Waals surface area contributed by atoms with Crippen LogP contribution in [0.15, 0.2) is 108 Å². The minimum absolute atomic E-state index is 0.00121. The smallest absolute Gasteiger partial charge is 0.264 e. The Morgan fingerprint density at radius 3 is 2.18 bits per heavy atom. The van der Waals surface area contributed by atoms with Gasteiger partial charge in [0.1, 0.15) is 18.4 Å². The quantitative estimate of drug-likeness (QED) is 0.178. The maximum Gasteiger partial charge on any atom is 0.264 e. The number of carbonyl (C=O) groups is 2.